The zero-order valence-electron chi connectivity index (χ0n) is 14.5. The number of hydrogen-bond acceptors (Lipinski definition) is 4. The van der Waals surface area contributed by atoms with Crippen LogP contribution < -0.4 is 15.6 Å². The molecule has 0 unspecified atom stereocenters. The summed E-state index contributed by atoms with van der Waals surface area (Å²) in [5.74, 6) is 1.36. The number of ether oxygens (including phenoxy) is 1. The van der Waals surface area contributed by atoms with Crippen LogP contribution in [0.4, 0.5) is 0 Å². The molecule has 0 bridgehead atoms. The third-order valence-corrected chi connectivity index (χ3v) is 4.67. The van der Waals surface area contributed by atoms with Crippen LogP contribution in [0.25, 0.3) is 10.9 Å². The molecule has 1 aromatic heterocycles. The zero-order valence-corrected chi connectivity index (χ0v) is 14.5. The summed E-state index contributed by atoms with van der Waals surface area (Å²) in [6.07, 6.45) is 1.74. The van der Waals surface area contributed by atoms with E-state index in [1.54, 1.807) is 29.9 Å². The van der Waals surface area contributed by atoms with Crippen LogP contribution in [0.15, 0.2) is 47.3 Å². The minimum Gasteiger partial charge on any atom is -0.497 e. The summed E-state index contributed by atoms with van der Waals surface area (Å²) >= 11 is 0. The van der Waals surface area contributed by atoms with Gasteiger partial charge >= 0.3 is 0 Å². The van der Waals surface area contributed by atoms with E-state index < -0.39 is 0 Å². The molecule has 0 spiro atoms. The van der Waals surface area contributed by atoms with Crippen molar-refractivity contribution in [3.8, 4) is 5.75 Å². The van der Waals surface area contributed by atoms with Crippen molar-refractivity contribution >= 4 is 16.8 Å². The predicted molar refractivity (Wildman–Crippen MR) is 98.5 cm³/mol. The van der Waals surface area contributed by atoms with E-state index in [2.05, 4.69) is 10.3 Å². The molecule has 3 aromatic rings. The Morgan fingerprint density at radius 1 is 1.27 bits per heavy atom. The average molecular weight is 349 g/mol. The number of hydrogen-bond donors (Lipinski definition) is 1. The Kier molecular flexibility index (Phi) is 4.16. The van der Waals surface area contributed by atoms with Gasteiger partial charge in [0.15, 0.2) is 0 Å². The highest BCUT2D eigenvalue weighted by Gasteiger charge is 2.17. The Labute approximate surface area is 150 Å². The van der Waals surface area contributed by atoms with Crippen molar-refractivity contribution in [3.05, 3.63) is 69.8 Å². The lowest BCUT2D eigenvalue weighted by molar-refractivity contribution is 0.0951. The lowest BCUT2D eigenvalue weighted by atomic mass is 10.1. The molecule has 0 saturated carbocycles. The highest BCUT2D eigenvalue weighted by atomic mass is 16.5. The average Bonchev–Trinajstić information content (AvgIpc) is 3.14. The van der Waals surface area contributed by atoms with E-state index >= 15 is 0 Å². The van der Waals surface area contributed by atoms with Gasteiger partial charge in [0, 0.05) is 25.1 Å². The second-order valence-electron chi connectivity index (χ2n) is 6.35. The standard InChI is InChI=1S/C20H19N3O3/c1-26-15-5-2-4-13(10-15)12-21-19(24)14-7-8-16-17(11-14)22-18-6-3-9-23(18)20(16)25/h2,4-5,7-8,10-11H,3,6,9,12H2,1H3,(H,21,24). The molecule has 26 heavy (non-hydrogen) atoms. The molecule has 1 amide bonds. The first kappa shape index (κ1) is 16.3. The second kappa shape index (κ2) is 6.63. The molecular weight excluding hydrogens is 330 g/mol. The number of methoxy groups -OCH3 is 1. The topological polar surface area (TPSA) is 73.2 Å². The number of carbonyl (C=O) groups is 1. The van der Waals surface area contributed by atoms with Gasteiger partial charge in [0.05, 0.1) is 18.0 Å². The molecule has 6 nitrogen and oxygen atoms in total. The number of rotatable bonds is 4. The monoisotopic (exact) mass is 349 g/mol. The molecular formula is C20H19N3O3. The van der Waals surface area contributed by atoms with Gasteiger partial charge in [-0.15, -0.1) is 0 Å². The van der Waals surface area contributed by atoms with E-state index in [1.165, 1.54) is 0 Å². The maximum Gasteiger partial charge on any atom is 0.261 e. The normalized spacial score (nSPS) is 12.8. The fourth-order valence-electron chi connectivity index (χ4n) is 3.29. The molecule has 1 aliphatic heterocycles. The fraction of sp³-hybridized carbons (Fsp3) is 0.250. The largest absolute Gasteiger partial charge is 0.497 e. The molecule has 0 aliphatic carbocycles. The fourth-order valence-corrected chi connectivity index (χ4v) is 3.29. The molecule has 0 atom stereocenters. The number of fused-ring (bicyclic) bond motifs is 2. The summed E-state index contributed by atoms with van der Waals surface area (Å²) in [5.41, 5.74) is 2.01. The first-order chi connectivity index (χ1) is 12.7. The minimum absolute atomic E-state index is 0.0224. The van der Waals surface area contributed by atoms with Crippen LogP contribution in [-0.2, 0) is 19.5 Å². The van der Waals surface area contributed by atoms with Crippen molar-refractivity contribution < 1.29 is 9.53 Å². The Morgan fingerprint density at radius 2 is 2.15 bits per heavy atom. The SMILES string of the molecule is COc1cccc(CNC(=O)c2ccc3c(=O)n4c(nc3c2)CCC4)c1. The Hall–Kier alpha value is -3.15. The Morgan fingerprint density at radius 3 is 3.00 bits per heavy atom. The summed E-state index contributed by atoms with van der Waals surface area (Å²) in [4.78, 5) is 29.5. The maximum absolute atomic E-state index is 12.5. The Balaban J connectivity index is 1.57. The molecule has 0 saturated heterocycles. The number of benzene rings is 2. The lowest BCUT2D eigenvalue weighted by Gasteiger charge is -2.09. The minimum atomic E-state index is -0.197. The van der Waals surface area contributed by atoms with E-state index in [0.29, 0.717) is 23.0 Å². The van der Waals surface area contributed by atoms with Gasteiger partial charge in [-0.25, -0.2) is 4.98 Å². The van der Waals surface area contributed by atoms with Crippen molar-refractivity contribution in [2.75, 3.05) is 7.11 Å². The van der Waals surface area contributed by atoms with E-state index in [-0.39, 0.29) is 11.5 Å². The van der Waals surface area contributed by atoms with Crippen LogP contribution in [-0.4, -0.2) is 22.6 Å². The number of amides is 1. The molecule has 6 heteroatoms. The quantitative estimate of drug-likeness (QED) is 0.784. The summed E-state index contributed by atoms with van der Waals surface area (Å²) in [6, 6.07) is 12.6. The smallest absolute Gasteiger partial charge is 0.261 e. The molecule has 0 fully saturated rings. The molecule has 132 valence electrons. The second-order valence-corrected chi connectivity index (χ2v) is 6.35. The van der Waals surface area contributed by atoms with Crippen molar-refractivity contribution in [3.63, 3.8) is 0 Å². The van der Waals surface area contributed by atoms with Crippen LogP contribution in [0.1, 0.15) is 28.2 Å². The van der Waals surface area contributed by atoms with Gasteiger partial charge < -0.3 is 10.1 Å². The third-order valence-electron chi connectivity index (χ3n) is 4.67. The highest BCUT2D eigenvalue weighted by molar-refractivity contribution is 5.97. The third kappa shape index (κ3) is 2.94. The van der Waals surface area contributed by atoms with Crippen LogP contribution in [0, 0.1) is 0 Å². The first-order valence-corrected chi connectivity index (χ1v) is 8.60. The van der Waals surface area contributed by atoms with Crippen molar-refractivity contribution in [1.82, 2.24) is 14.9 Å². The van der Waals surface area contributed by atoms with Crippen molar-refractivity contribution in [1.29, 1.82) is 0 Å². The predicted octanol–water partition coefficient (Wildman–Crippen LogP) is 2.28. The van der Waals surface area contributed by atoms with Gasteiger partial charge in [-0.2, -0.15) is 0 Å². The van der Waals surface area contributed by atoms with Crippen LogP contribution >= 0.6 is 0 Å². The van der Waals surface area contributed by atoms with Gasteiger partial charge in [0.1, 0.15) is 11.6 Å². The van der Waals surface area contributed by atoms with Gasteiger partial charge in [0.2, 0.25) is 0 Å². The van der Waals surface area contributed by atoms with Crippen LogP contribution in [0.3, 0.4) is 0 Å². The van der Waals surface area contributed by atoms with E-state index in [9.17, 15) is 9.59 Å². The summed E-state index contributed by atoms with van der Waals surface area (Å²) in [5, 5.41) is 3.45. The first-order valence-electron chi connectivity index (χ1n) is 8.60. The Bertz CT molecular complexity index is 1060. The number of nitrogens with zero attached hydrogens (tertiary/aromatic N) is 2. The van der Waals surface area contributed by atoms with Gasteiger partial charge in [-0.05, 0) is 42.3 Å². The number of aryl methyl sites for hydroxylation is 1. The zero-order chi connectivity index (χ0) is 18.1. The van der Waals surface area contributed by atoms with Crippen LogP contribution in [0.2, 0.25) is 0 Å². The number of nitrogens with one attached hydrogen (secondary N) is 1. The maximum atomic E-state index is 12.5. The molecule has 2 heterocycles. The van der Waals surface area contributed by atoms with Gasteiger partial charge in [0.25, 0.3) is 11.5 Å². The number of carbonyl (C=O) groups excluding carboxylic acids is 1. The van der Waals surface area contributed by atoms with Gasteiger partial charge in [-0.1, -0.05) is 12.1 Å². The van der Waals surface area contributed by atoms with Crippen LogP contribution in [0.5, 0.6) is 5.75 Å². The van der Waals surface area contributed by atoms with E-state index in [0.717, 1.165) is 36.5 Å². The van der Waals surface area contributed by atoms with E-state index in [1.807, 2.05) is 24.3 Å². The molecule has 1 N–H and O–H groups in total. The molecule has 1 aliphatic rings. The van der Waals surface area contributed by atoms with Crippen molar-refractivity contribution in [2.45, 2.75) is 25.9 Å². The molecule has 4 rings (SSSR count). The summed E-state index contributed by atoms with van der Waals surface area (Å²) < 4.78 is 6.92. The summed E-state index contributed by atoms with van der Waals surface area (Å²) in [7, 11) is 1.61. The molecule has 0 radical (unpaired) electrons. The molecule has 2 aromatic carbocycles. The summed E-state index contributed by atoms with van der Waals surface area (Å²) in [6.45, 7) is 1.12. The van der Waals surface area contributed by atoms with Gasteiger partial charge in [-0.3, -0.25) is 14.2 Å². The van der Waals surface area contributed by atoms with E-state index in [4.69, 9.17) is 4.74 Å². The van der Waals surface area contributed by atoms with Crippen molar-refractivity contribution in [2.24, 2.45) is 0 Å². The number of aromatic nitrogens is 2. The highest BCUT2D eigenvalue weighted by Crippen LogP contribution is 2.17. The lowest BCUT2D eigenvalue weighted by Crippen LogP contribution is -2.24.